The summed E-state index contributed by atoms with van der Waals surface area (Å²) in [4.78, 5) is 13.9. The van der Waals surface area contributed by atoms with E-state index >= 15 is 0 Å². The van der Waals surface area contributed by atoms with E-state index in [1.165, 1.54) is 6.33 Å². The highest BCUT2D eigenvalue weighted by molar-refractivity contribution is 5.49. The first kappa shape index (κ1) is 6.92. The van der Waals surface area contributed by atoms with E-state index in [4.69, 9.17) is 0 Å². The van der Waals surface area contributed by atoms with Gasteiger partial charge in [0.1, 0.15) is 18.4 Å². The Hall–Kier alpha value is -1.19. The van der Waals surface area contributed by atoms with Crippen LogP contribution in [-0.4, -0.2) is 21.1 Å². The fourth-order valence-electron chi connectivity index (χ4n) is 0.735. The largest absolute Gasteiger partial charge is 0.303 e. The SMILES string of the molecule is Cn1ncnc1CCC=O. The van der Waals surface area contributed by atoms with Crippen molar-refractivity contribution >= 4 is 6.29 Å². The van der Waals surface area contributed by atoms with Gasteiger partial charge >= 0.3 is 0 Å². The molecule has 0 aromatic carbocycles. The topological polar surface area (TPSA) is 47.8 Å². The number of aromatic nitrogens is 3. The van der Waals surface area contributed by atoms with Crippen LogP contribution in [0.2, 0.25) is 0 Å². The number of aldehydes is 1. The molecule has 1 aromatic heterocycles. The maximum atomic E-state index is 9.95. The summed E-state index contributed by atoms with van der Waals surface area (Å²) in [5.74, 6) is 0.854. The van der Waals surface area contributed by atoms with E-state index in [0.717, 1.165) is 12.1 Å². The van der Waals surface area contributed by atoms with Gasteiger partial charge in [0.15, 0.2) is 0 Å². The third kappa shape index (κ3) is 1.40. The molecule has 0 saturated heterocycles. The number of carbonyl (C=O) groups excluding carboxylic acids is 1. The molecule has 1 rings (SSSR count). The minimum atomic E-state index is 0.520. The van der Waals surface area contributed by atoms with Crippen molar-refractivity contribution in [1.29, 1.82) is 0 Å². The van der Waals surface area contributed by atoms with Crippen molar-refractivity contribution in [3.05, 3.63) is 12.2 Å². The highest BCUT2D eigenvalue weighted by atomic mass is 16.1. The summed E-state index contributed by atoms with van der Waals surface area (Å²) in [5.41, 5.74) is 0. The van der Waals surface area contributed by atoms with Gasteiger partial charge in [0.25, 0.3) is 0 Å². The monoisotopic (exact) mass is 139 g/mol. The van der Waals surface area contributed by atoms with Crippen LogP contribution in [0.5, 0.6) is 0 Å². The molecule has 1 aromatic rings. The zero-order valence-electron chi connectivity index (χ0n) is 5.82. The van der Waals surface area contributed by atoms with Gasteiger partial charge in [-0.05, 0) is 0 Å². The Morgan fingerprint density at radius 3 is 3.10 bits per heavy atom. The average Bonchev–Trinajstić information content (AvgIpc) is 2.31. The summed E-state index contributed by atoms with van der Waals surface area (Å²) in [5, 5.41) is 3.86. The third-order valence-electron chi connectivity index (χ3n) is 1.29. The second-order valence-electron chi connectivity index (χ2n) is 2.01. The molecule has 54 valence electrons. The predicted molar refractivity (Wildman–Crippen MR) is 35.4 cm³/mol. The molecule has 0 aliphatic carbocycles. The van der Waals surface area contributed by atoms with Gasteiger partial charge in [-0.3, -0.25) is 4.68 Å². The van der Waals surface area contributed by atoms with Crippen LogP contribution in [0.25, 0.3) is 0 Å². The molecule has 0 N–H and O–H groups in total. The molecule has 0 radical (unpaired) electrons. The van der Waals surface area contributed by atoms with Crippen LogP contribution in [0, 0.1) is 0 Å². The number of hydrogen-bond acceptors (Lipinski definition) is 3. The molecule has 0 amide bonds. The van der Waals surface area contributed by atoms with Gasteiger partial charge in [0.2, 0.25) is 0 Å². The number of aryl methyl sites for hydroxylation is 2. The van der Waals surface area contributed by atoms with Gasteiger partial charge in [-0.1, -0.05) is 0 Å². The summed E-state index contributed by atoms with van der Waals surface area (Å²) < 4.78 is 1.67. The van der Waals surface area contributed by atoms with Crippen molar-refractivity contribution in [1.82, 2.24) is 14.8 Å². The molecule has 0 aliphatic heterocycles. The molecule has 10 heavy (non-hydrogen) atoms. The van der Waals surface area contributed by atoms with Crippen LogP contribution in [-0.2, 0) is 18.3 Å². The Morgan fingerprint density at radius 1 is 1.80 bits per heavy atom. The smallest absolute Gasteiger partial charge is 0.138 e. The first-order chi connectivity index (χ1) is 4.84. The molecule has 0 unspecified atom stereocenters. The van der Waals surface area contributed by atoms with Crippen LogP contribution in [0.15, 0.2) is 6.33 Å². The van der Waals surface area contributed by atoms with Crippen molar-refractivity contribution in [2.75, 3.05) is 0 Å². The second kappa shape index (κ2) is 3.10. The number of rotatable bonds is 3. The quantitative estimate of drug-likeness (QED) is 0.551. The van der Waals surface area contributed by atoms with Gasteiger partial charge < -0.3 is 4.79 Å². The highest BCUT2D eigenvalue weighted by Crippen LogP contribution is 1.93. The van der Waals surface area contributed by atoms with Crippen molar-refractivity contribution < 1.29 is 4.79 Å². The van der Waals surface area contributed by atoms with Gasteiger partial charge in [-0.25, -0.2) is 4.98 Å². The number of carbonyl (C=O) groups is 1. The molecular formula is C6H9N3O. The molecular weight excluding hydrogens is 130 g/mol. The summed E-state index contributed by atoms with van der Waals surface area (Å²) in [6, 6.07) is 0. The van der Waals surface area contributed by atoms with E-state index in [9.17, 15) is 4.79 Å². The van der Waals surface area contributed by atoms with E-state index < -0.39 is 0 Å². The van der Waals surface area contributed by atoms with Crippen molar-refractivity contribution in [3.63, 3.8) is 0 Å². The van der Waals surface area contributed by atoms with Gasteiger partial charge in [0.05, 0.1) is 0 Å². The molecule has 0 fully saturated rings. The Labute approximate surface area is 58.9 Å². The first-order valence-corrected chi connectivity index (χ1v) is 3.11. The predicted octanol–water partition coefficient (Wildman–Crippen LogP) is -0.0534. The minimum Gasteiger partial charge on any atom is -0.303 e. The Kier molecular flexibility index (Phi) is 2.15. The summed E-state index contributed by atoms with van der Waals surface area (Å²) in [7, 11) is 1.81. The van der Waals surface area contributed by atoms with Crippen LogP contribution in [0.4, 0.5) is 0 Å². The molecule has 0 spiro atoms. The van der Waals surface area contributed by atoms with Crippen molar-refractivity contribution in [2.45, 2.75) is 12.8 Å². The third-order valence-corrected chi connectivity index (χ3v) is 1.29. The van der Waals surface area contributed by atoms with Gasteiger partial charge in [-0.2, -0.15) is 5.10 Å². The zero-order chi connectivity index (χ0) is 7.40. The maximum Gasteiger partial charge on any atom is 0.138 e. The highest BCUT2D eigenvalue weighted by Gasteiger charge is 1.97. The molecule has 0 aliphatic rings. The average molecular weight is 139 g/mol. The van der Waals surface area contributed by atoms with Crippen LogP contribution in [0.1, 0.15) is 12.2 Å². The van der Waals surface area contributed by atoms with Crippen molar-refractivity contribution in [2.24, 2.45) is 7.05 Å². The fourth-order valence-corrected chi connectivity index (χ4v) is 0.735. The van der Waals surface area contributed by atoms with Crippen LogP contribution < -0.4 is 0 Å². The van der Waals surface area contributed by atoms with Crippen LogP contribution in [0.3, 0.4) is 0 Å². The Bertz CT molecular complexity index is 219. The fraction of sp³-hybridized carbons (Fsp3) is 0.500. The molecule has 0 bridgehead atoms. The lowest BCUT2D eigenvalue weighted by Gasteiger charge is -1.93. The molecule has 4 heteroatoms. The minimum absolute atomic E-state index is 0.520. The van der Waals surface area contributed by atoms with E-state index in [2.05, 4.69) is 10.1 Å². The summed E-state index contributed by atoms with van der Waals surface area (Å²) in [6.07, 6.45) is 3.57. The van der Waals surface area contributed by atoms with E-state index in [1.807, 2.05) is 7.05 Å². The summed E-state index contributed by atoms with van der Waals surface area (Å²) in [6.45, 7) is 0. The number of nitrogens with zero attached hydrogens (tertiary/aromatic N) is 3. The van der Waals surface area contributed by atoms with Gasteiger partial charge in [-0.15, -0.1) is 0 Å². The zero-order valence-corrected chi connectivity index (χ0v) is 5.82. The molecule has 4 nitrogen and oxygen atoms in total. The Morgan fingerprint density at radius 2 is 2.60 bits per heavy atom. The standard InChI is InChI=1S/C6H9N3O/c1-9-6(3-2-4-10)7-5-8-9/h4-5H,2-3H2,1H3. The van der Waals surface area contributed by atoms with E-state index in [-0.39, 0.29) is 0 Å². The first-order valence-electron chi connectivity index (χ1n) is 3.11. The van der Waals surface area contributed by atoms with E-state index in [1.54, 1.807) is 4.68 Å². The molecule has 0 atom stereocenters. The maximum absolute atomic E-state index is 9.95. The molecule has 1 heterocycles. The van der Waals surface area contributed by atoms with Gasteiger partial charge in [0, 0.05) is 19.9 Å². The summed E-state index contributed by atoms with van der Waals surface area (Å²) >= 11 is 0. The van der Waals surface area contributed by atoms with Crippen LogP contribution >= 0.6 is 0 Å². The number of hydrogen-bond donors (Lipinski definition) is 0. The lowest BCUT2D eigenvalue weighted by atomic mass is 10.3. The molecule has 0 saturated carbocycles. The Balaban J connectivity index is 2.56. The van der Waals surface area contributed by atoms with Crippen molar-refractivity contribution in [3.8, 4) is 0 Å². The normalized spacial score (nSPS) is 9.70. The lowest BCUT2D eigenvalue weighted by Crippen LogP contribution is -1.99. The second-order valence-corrected chi connectivity index (χ2v) is 2.01. The lowest BCUT2D eigenvalue weighted by molar-refractivity contribution is -0.107. The van der Waals surface area contributed by atoms with E-state index in [0.29, 0.717) is 12.8 Å².